The van der Waals surface area contributed by atoms with Crippen LogP contribution in [0, 0.1) is 0 Å². The second-order valence-electron chi connectivity index (χ2n) is 9.78. The Hall–Kier alpha value is -4.59. The predicted octanol–water partition coefficient (Wildman–Crippen LogP) is 3.27. The van der Waals surface area contributed by atoms with Gasteiger partial charge in [0.2, 0.25) is 0 Å². The molecular weight excluding hydrogens is 540 g/mol. The summed E-state index contributed by atoms with van der Waals surface area (Å²) in [5.41, 5.74) is 1.19. The summed E-state index contributed by atoms with van der Waals surface area (Å²) in [7, 11) is -1.35. The summed E-state index contributed by atoms with van der Waals surface area (Å²) in [5, 5.41) is 13.7. The van der Waals surface area contributed by atoms with Crippen molar-refractivity contribution in [3.8, 4) is 5.75 Å². The van der Waals surface area contributed by atoms with Gasteiger partial charge in [0, 0.05) is 25.4 Å². The third kappa shape index (κ3) is 6.51. The topological polar surface area (TPSA) is 167 Å². The number of nitrogens with one attached hydrogen (secondary N) is 3. The molecule has 2 heterocycles. The first-order valence-electron chi connectivity index (χ1n) is 12.2. The minimum absolute atomic E-state index is 0.0144. The Balaban J connectivity index is 1.54. The van der Waals surface area contributed by atoms with Crippen LogP contribution in [0.3, 0.4) is 0 Å². The number of anilines is 1. The normalized spacial score (nSPS) is 11.7. The zero-order valence-corrected chi connectivity index (χ0v) is 23.5. The van der Waals surface area contributed by atoms with Gasteiger partial charge < -0.3 is 24.6 Å². The Kier molecular flexibility index (Phi) is 8.00. The Morgan fingerprint density at radius 2 is 1.88 bits per heavy atom. The zero-order valence-electron chi connectivity index (χ0n) is 22.6. The quantitative estimate of drug-likeness (QED) is 0.274. The number of nitrogens with zero attached hydrogens (tertiary/aromatic N) is 3. The summed E-state index contributed by atoms with van der Waals surface area (Å²) < 4.78 is 46.7. The molecule has 212 valence electrons. The second kappa shape index (κ2) is 11.3. The van der Waals surface area contributed by atoms with Crippen molar-refractivity contribution in [1.29, 1.82) is 0 Å². The highest BCUT2D eigenvalue weighted by Crippen LogP contribution is 2.35. The minimum Gasteiger partial charge on any atom is -0.496 e. The third-order valence-electron chi connectivity index (χ3n) is 5.56. The number of methoxy groups -OCH3 is 1. The molecule has 0 radical (unpaired) electrons. The molecule has 4 rings (SSSR count). The Morgan fingerprint density at radius 1 is 1.12 bits per heavy atom. The van der Waals surface area contributed by atoms with Gasteiger partial charge in [-0.1, -0.05) is 17.3 Å². The lowest BCUT2D eigenvalue weighted by molar-refractivity contribution is 0.0523. The molecule has 3 N–H and O–H groups in total. The van der Waals surface area contributed by atoms with E-state index < -0.39 is 27.6 Å². The molecule has 2 amide bonds. The van der Waals surface area contributed by atoms with E-state index in [1.165, 1.54) is 32.4 Å². The second-order valence-corrected chi connectivity index (χ2v) is 11.4. The largest absolute Gasteiger partial charge is 0.496 e. The van der Waals surface area contributed by atoms with Crippen LogP contribution in [0.15, 0.2) is 58.2 Å². The summed E-state index contributed by atoms with van der Waals surface area (Å²) in [4.78, 5) is 23.9. The van der Waals surface area contributed by atoms with Gasteiger partial charge in [0.05, 0.1) is 25.4 Å². The van der Waals surface area contributed by atoms with Crippen LogP contribution in [-0.4, -0.2) is 55.1 Å². The van der Waals surface area contributed by atoms with Crippen LogP contribution in [0.25, 0.3) is 11.0 Å². The van der Waals surface area contributed by atoms with Crippen LogP contribution in [0.2, 0.25) is 0 Å². The molecule has 14 heteroatoms. The molecule has 0 aliphatic carbocycles. The van der Waals surface area contributed by atoms with Crippen molar-refractivity contribution < 1.29 is 32.0 Å². The molecule has 13 nitrogen and oxygen atoms in total. The lowest BCUT2D eigenvalue weighted by Gasteiger charge is -2.19. The molecule has 0 saturated carbocycles. The molecule has 40 heavy (non-hydrogen) atoms. The fourth-order valence-electron chi connectivity index (χ4n) is 3.88. The zero-order chi connectivity index (χ0) is 29.1. The lowest BCUT2D eigenvalue weighted by Crippen LogP contribution is -2.32. The molecule has 0 unspecified atom stereocenters. The molecule has 0 fully saturated rings. The summed E-state index contributed by atoms with van der Waals surface area (Å²) in [6, 6.07) is 9.24. The molecule has 4 aromatic rings. The van der Waals surface area contributed by atoms with Crippen molar-refractivity contribution in [1.82, 2.24) is 25.6 Å². The summed E-state index contributed by atoms with van der Waals surface area (Å²) in [6.07, 6.45) is 2.88. The highest BCUT2D eigenvalue weighted by molar-refractivity contribution is 7.92. The van der Waals surface area contributed by atoms with Crippen molar-refractivity contribution in [3.05, 3.63) is 65.5 Å². The number of alkyl carbamates (subject to hydrolysis) is 1. The molecule has 0 bridgehead atoms. The van der Waals surface area contributed by atoms with Gasteiger partial charge in [0.1, 0.15) is 21.6 Å². The number of rotatable bonds is 9. The van der Waals surface area contributed by atoms with Crippen molar-refractivity contribution in [2.24, 2.45) is 0 Å². The molecular formula is C26H30N6O7S. The minimum atomic E-state index is -4.21. The van der Waals surface area contributed by atoms with Gasteiger partial charge in [-0.3, -0.25) is 14.2 Å². The highest BCUT2D eigenvalue weighted by Gasteiger charge is 2.25. The number of ether oxygens (including phenoxy) is 2. The fraction of sp³-hybridized carbons (Fsp3) is 0.308. The number of hydrogen-bond acceptors (Lipinski definition) is 9. The Labute approximate surface area is 230 Å². The smallest absolute Gasteiger partial charge is 0.407 e. The number of carbonyl (C=O) groups is 2. The monoisotopic (exact) mass is 570 g/mol. The number of fused-ring (bicyclic) bond motifs is 1. The van der Waals surface area contributed by atoms with E-state index in [1.807, 2.05) is 0 Å². The standard InChI is InChI=1S/C26H30N6O7S/c1-26(2,3)38-25(34)28-12-17-13-29-32(15-17)14-16-10-19(37-5)22-20(11-16)39-30-23(22)31-40(35,36)21-9-7-6-8-18(21)24(33)27-4/h6-11,13,15H,12,14H2,1-5H3,(H,27,33)(H,28,34)(H,30,31). The van der Waals surface area contributed by atoms with Crippen molar-refractivity contribution in [2.75, 3.05) is 18.9 Å². The fourth-order valence-corrected chi connectivity index (χ4v) is 5.09. The molecule has 2 aromatic heterocycles. The maximum Gasteiger partial charge on any atom is 0.407 e. The average molecular weight is 571 g/mol. The van der Waals surface area contributed by atoms with Crippen LogP contribution >= 0.6 is 0 Å². The van der Waals surface area contributed by atoms with E-state index in [-0.39, 0.29) is 28.4 Å². The Bertz CT molecular complexity index is 1650. The van der Waals surface area contributed by atoms with Gasteiger partial charge in [-0.25, -0.2) is 13.2 Å². The van der Waals surface area contributed by atoms with Gasteiger partial charge in [0.25, 0.3) is 15.9 Å². The van der Waals surface area contributed by atoms with Gasteiger partial charge in [-0.15, -0.1) is 0 Å². The molecule has 0 spiro atoms. The van der Waals surface area contributed by atoms with Crippen molar-refractivity contribution in [2.45, 2.75) is 44.4 Å². The number of hydrogen-bond donors (Lipinski definition) is 3. The van der Waals surface area contributed by atoms with Gasteiger partial charge >= 0.3 is 6.09 Å². The van der Waals surface area contributed by atoms with Crippen molar-refractivity contribution >= 4 is 38.8 Å². The van der Waals surface area contributed by atoms with Crippen LogP contribution in [0.1, 0.15) is 42.3 Å². The molecule has 0 saturated heterocycles. The predicted molar refractivity (Wildman–Crippen MR) is 146 cm³/mol. The van der Waals surface area contributed by atoms with Crippen LogP contribution in [0.4, 0.5) is 10.6 Å². The molecule has 0 aliphatic heterocycles. The number of amides is 2. The van der Waals surface area contributed by atoms with Gasteiger partial charge in [0.15, 0.2) is 11.4 Å². The SMILES string of the molecule is CNC(=O)c1ccccc1S(=O)(=O)Nc1noc2cc(Cn3cc(CNC(=O)OC(C)(C)C)cn3)cc(OC)c12. The van der Waals surface area contributed by atoms with E-state index in [4.69, 9.17) is 14.0 Å². The summed E-state index contributed by atoms with van der Waals surface area (Å²) in [6.45, 7) is 5.93. The van der Waals surface area contributed by atoms with Crippen LogP contribution in [0.5, 0.6) is 5.75 Å². The summed E-state index contributed by atoms with van der Waals surface area (Å²) in [5.74, 6) is -0.305. The maximum atomic E-state index is 13.2. The van der Waals surface area contributed by atoms with Crippen molar-refractivity contribution in [3.63, 3.8) is 0 Å². The Morgan fingerprint density at radius 3 is 2.58 bits per heavy atom. The maximum absolute atomic E-state index is 13.2. The summed E-state index contributed by atoms with van der Waals surface area (Å²) >= 11 is 0. The molecule has 0 aliphatic rings. The van der Waals surface area contributed by atoms with E-state index in [2.05, 4.69) is 25.6 Å². The third-order valence-corrected chi connectivity index (χ3v) is 6.96. The van der Waals surface area contributed by atoms with Crippen LogP contribution in [-0.2, 0) is 27.8 Å². The average Bonchev–Trinajstić information content (AvgIpc) is 3.52. The lowest BCUT2D eigenvalue weighted by atomic mass is 10.1. The molecule has 2 aromatic carbocycles. The van der Waals surface area contributed by atoms with E-state index in [1.54, 1.807) is 56.0 Å². The highest BCUT2D eigenvalue weighted by atomic mass is 32.2. The number of aromatic nitrogens is 3. The van der Waals surface area contributed by atoms with E-state index >= 15 is 0 Å². The van der Waals surface area contributed by atoms with E-state index in [9.17, 15) is 18.0 Å². The van der Waals surface area contributed by atoms with Gasteiger partial charge in [-0.05, 0) is 50.6 Å². The number of sulfonamides is 1. The molecule has 0 atom stereocenters. The van der Waals surface area contributed by atoms with Gasteiger partial charge in [-0.2, -0.15) is 5.10 Å². The number of benzene rings is 2. The first kappa shape index (κ1) is 28.4. The first-order valence-corrected chi connectivity index (χ1v) is 13.7. The van der Waals surface area contributed by atoms with E-state index in [0.29, 0.717) is 17.7 Å². The van der Waals surface area contributed by atoms with Crippen LogP contribution < -0.4 is 20.1 Å². The first-order chi connectivity index (χ1) is 18.9. The number of carbonyl (C=O) groups excluding carboxylic acids is 2. The van der Waals surface area contributed by atoms with E-state index in [0.717, 1.165) is 11.1 Å².